The molecule has 270 valence electrons. The zero-order chi connectivity index (χ0) is 37.0. The van der Waals surface area contributed by atoms with Crippen molar-refractivity contribution in [3.05, 3.63) is 95.8 Å². The van der Waals surface area contributed by atoms with Gasteiger partial charge in [0, 0.05) is 41.5 Å². The Morgan fingerprint density at radius 3 is 2.04 bits per heavy atom. The fraction of sp³-hybridized carbons (Fsp3) is 0.250. The second kappa shape index (κ2) is 17.6. The molecular formula is C32H30BF6N5O7. The summed E-state index contributed by atoms with van der Waals surface area (Å²) in [6.07, 6.45) is -8.43. The van der Waals surface area contributed by atoms with E-state index >= 15 is 0 Å². The third-order valence-corrected chi connectivity index (χ3v) is 6.81. The molecule has 2 amide bonds. The van der Waals surface area contributed by atoms with Crippen molar-refractivity contribution >= 4 is 35.9 Å². The molecule has 0 aliphatic heterocycles. The molecule has 3 aromatic carbocycles. The summed E-state index contributed by atoms with van der Waals surface area (Å²) >= 11 is 0. The second-order valence-corrected chi connectivity index (χ2v) is 10.4. The van der Waals surface area contributed by atoms with Crippen molar-refractivity contribution < 1.29 is 60.2 Å². The predicted octanol–water partition coefficient (Wildman–Crippen LogP) is 3.68. The highest BCUT2D eigenvalue weighted by atomic mass is 19.4. The summed E-state index contributed by atoms with van der Waals surface area (Å²) in [5.41, 5.74) is -0.755. The quantitative estimate of drug-likeness (QED) is 0.0656. The van der Waals surface area contributed by atoms with Crippen LogP contribution in [0.15, 0.2) is 79.1 Å². The van der Waals surface area contributed by atoms with Gasteiger partial charge < -0.3 is 40.2 Å². The number of nitrogens with zero attached hydrogens (tertiary/aromatic N) is 2. The molecule has 0 radical (unpaired) electrons. The number of amides is 2. The van der Waals surface area contributed by atoms with Crippen molar-refractivity contribution in [3.8, 4) is 17.0 Å². The molecule has 4 aromatic rings. The van der Waals surface area contributed by atoms with Gasteiger partial charge >= 0.3 is 19.7 Å². The van der Waals surface area contributed by atoms with Crippen molar-refractivity contribution in [2.75, 3.05) is 44.8 Å². The maximum Gasteiger partial charge on any atom is 0.573 e. The molecule has 0 unspecified atom stereocenters. The minimum absolute atomic E-state index is 0.0161. The lowest BCUT2D eigenvalue weighted by Gasteiger charge is -2.14. The number of ether oxygens (including phenoxy) is 3. The molecule has 5 N–H and O–H groups in total. The summed E-state index contributed by atoms with van der Waals surface area (Å²) in [7, 11) is -2.35. The minimum Gasteiger partial charge on any atom is -0.423 e. The van der Waals surface area contributed by atoms with Gasteiger partial charge in [0.15, 0.2) is 0 Å². The summed E-state index contributed by atoms with van der Waals surface area (Å²) in [4.78, 5) is 33.6. The topological polar surface area (TPSA) is 164 Å². The third-order valence-electron chi connectivity index (χ3n) is 6.81. The fourth-order valence-electron chi connectivity index (χ4n) is 4.53. The number of carbonyl (C=O) groups is 2. The summed E-state index contributed by atoms with van der Waals surface area (Å²) in [6.45, 7) is 0.588. The Bertz CT molecular complexity index is 1780. The molecular weight excluding hydrogens is 691 g/mol. The Labute approximate surface area is 286 Å². The van der Waals surface area contributed by atoms with Gasteiger partial charge in [-0.05, 0) is 47.9 Å². The lowest BCUT2D eigenvalue weighted by Crippen LogP contribution is -2.37. The Morgan fingerprint density at radius 1 is 0.765 bits per heavy atom. The van der Waals surface area contributed by atoms with Crippen LogP contribution in [-0.2, 0) is 15.7 Å². The monoisotopic (exact) mass is 721 g/mol. The van der Waals surface area contributed by atoms with Gasteiger partial charge in [-0.1, -0.05) is 24.3 Å². The molecule has 0 aliphatic rings. The molecule has 0 spiro atoms. The van der Waals surface area contributed by atoms with E-state index < -0.39 is 42.5 Å². The zero-order valence-corrected chi connectivity index (χ0v) is 26.4. The van der Waals surface area contributed by atoms with Gasteiger partial charge in [0.1, 0.15) is 17.9 Å². The zero-order valence-electron chi connectivity index (χ0n) is 26.4. The van der Waals surface area contributed by atoms with E-state index in [1.165, 1.54) is 18.5 Å². The van der Waals surface area contributed by atoms with Crippen molar-refractivity contribution in [1.82, 2.24) is 20.6 Å². The Kier molecular flexibility index (Phi) is 13.3. The molecule has 0 aliphatic carbocycles. The number of hydrogen-bond acceptors (Lipinski definition) is 10. The molecule has 19 heteroatoms. The number of benzene rings is 3. The lowest BCUT2D eigenvalue weighted by atomic mass is 9.76. The standard InChI is InChI=1S/C32H30BF6N5O7/c34-31(35,36)25-17-20(5-10-26(25)33(47)48)29(45)40-11-13-49-15-16-50-14-12-41-30(46)24-4-2-1-3-23(24)27-18-28(43-19-42-27)44-21-6-8-22(9-7-21)51-32(37,38)39/h1-10,17-19,47-48H,11-16H2,(H,40,45)(H,41,46)(H,42,43,44). The van der Waals surface area contributed by atoms with Crippen LogP contribution < -0.4 is 26.2 Å². The number of hydrogen-bond donors (Lipinski definition) is 5. The van der Waals surface area contributed by atoms with Gasteiger partial charge in [-0.2, -0.15) is 13.2 Å². The lowest BCUT2D eigenvalue weighted by molar-refractivity contribution is -0.274. The predicted molar refractivity (Wildman–Crippen MR) is 171 cm³/mol. The van der Waals surface area contributed by atoms with E-state index in [4.69, 9.17) is 19.5 Å². The SMILES string of the molecule is O=C(NCCOCCOCCNC(=O)c1ccccc1-c1cc(Nc2ccc(OC(F)(F)F)cc2)ncn1)c1ccc(B(O)O)c(C(F)(F)F)c1. The van der Waals surface area contributed by atoms with Crippen LogP contribution in [0.2, 0.25) is 0 Å². The van der Waals surface area contributed by atoms with Crippen LogP contribution >= 0.6 is 0 Å². The maximum absolute atomic E-state index is 13.2. The highest BCUT2D eigenvalue weighted by Gasteiger charge is 2.37. The molecule has 0 saturated carbocycles. The van der Waals surface area contributed by atoms with E-state index in [0.29, 0.717) is 34.4 Å². The largest absolute Gasteiger partial charge is 0.573 e. The average Bonchev–Trinajstić information content (AvgIpc) is 3.08. The first-order valence-electron chi connectivity index (χ1n) is 15.0. The van der Waals surface area contributed by atoms with Gasteiger partial charge in [0.05, 0.1) is 37.7 Å². The van der Waals surface area contributed by atoms with E-state index in [2.05, 4.69) is 30.7 Å². The number of carbonyl (C=O) groups excluding carboxylic acids is 2. The first-order chi connectivity index (χ1) is 24.2. The van der Waals surface area contributed by atoms with Crippen molar-refractivity contribution in [1.29, 1.82) is 0 Å². The van der Waals surface area contributed by atoms with E-state index in [9.17, 15) is 35.9 Å². The highest BCUT2D eigenvalue weighted by molar-refractivity contribution is 6.59. The minimum atomic E-state index is -4.89. The van der Waals surface area contributed by atoms with Crippen LogP contribution in [0.1, 0.15) is 26.3 Å². The molecule has 51 heavy (non-hydrogen) atoms. The Balaban J connectivity index is 1.17. The van der Waals surface area contributed by atoms with Gasteiger partial charge in [-0.25, -0.2) is 9.97 Å². The van der Waals surface area contributed by atoms with Crippen LogP contribution in [0.5, 0.6) is 5.75 Å². The van der Waals surface area contributed by atoms with E-state index in [-0.39, 0.29) is 50.8 Å². The molecule has 0 bridgehead atoms. The smallest absolute Gasteiger partial charge is 0.423 e. The molecule has 12 nitrogen and oxygen atoms in total. The Morgan fingerprint density at radius 2 is 1.41 bits per heavy atom. The maximum atomic E-state index is 13.2. The molecule has 0 saturated heterocycles. The molecule has 1 aromatic heterocycles. The van der Waals surface area contributed by atoms with Crippen LogP contribution in [0, 0.1) is 0 Å². The number of aromatic nitrogens is 2. The first kappa shape index (κ1) is 38.6. The van der Waals surface area contributed by atoms with Crippen LogP contribution in [0.3, 0.4) is 0 Å². The van der Waals surface area contributed by atoms with Crippen LogP contribution in [-0.4, -0.2) is 84.8 Å². The van der Waals surface area contributed by atoms with E-state index in [1.54, 1.807) is 30.3 Å². The number of anilines is 2. The molecule has 0 atom stereocenters. The summed E-state index contributed by atoms with van der Waals surface area (Å²) in [6, 6.07) is 15.7. The fourth-order valence-corrected chi connectivity index (χ4v) is 4.53. The summed E-state index contributed by atoms with van der Waals surface area (Å²) in [5.74, 6) is -1.26. The summed E-state index contributed by atoms with van der Waals surface area (Å²) < 4.78 is 91.6. The molecule has 0 fully saturated rings. The van der Waals surface area contributed by atoms with Gasteiger partial charge in [-0.3, -0.25) is 9.59 Å². The van der Waals surface area contributed by atoms with Crippen molar-refractivity contribution in [2.45, 2.75) is 12.5 Å². The number of rotatable bonds is 16. The van der Waals surface area contributed by atoms with Crippen molar-refractivity contribution in [3.63, 3.8) is 0 Å². The van der Waals surface area contributed by atoms with Crippen molar-refractivity contribution in [2.24, 2.45) is 0 Å². The van der Waals surface area contributed by atoms with E-state index in [1.807, 2.05) is 0 Å². The number of nitrogens with one attached hydrogen (secondary N) is 3. The van der Waals surface area contributed by atoms with Crippen LogP contribution in [0.4, 0.5) is 37.8 Å². The normalized spacial score (nSPS) is 11.5. The third kappa shape index (κ3) is 12.0. The van der Waals surface area contributed by atoms with Gasteiger partial charge in [-0.15, -0.1) is 13.2 Å². The van der Waals surface area contributed by atoms with Gasteiger partial charge in [0.25, 0.3) is 11.8 Å². The van der Waals surface area contributed by atoms with E-state index in [0.717, 1.165) is 24.3 Å². The summed E-state index contributed by atoms with van der Waals surface area (Å²) in [5, 5.41) is 26.4. The van der Waals surface area contributed by atoms with Gasteiger partial charge in [0.2, 0.25) is 0 Å². The average molecular weight is 721 g/mol. The first-order valence-corrected chi connectivity index (χ1v) is 15.0. The molecule has 4 rings (SSSR count). The van der Waals surface area contributed by atoms with Crippen LogP contribution in [0.25, 0.3) is 11.3 Å². The number of halogens is 6. The second-order valence-electron chi connectivity index (χ2n) is 10.4. The molecule has 1 heterocycles. The Hall–Kier alpha value is -5.24. The highest BCUT2D eigenvalue weighted by Crippen LogP contribution is 2.29. The number of alkyl halides is 6.